The molecule has 0 spiro atoms. The molecule has 2 heterocycles. The highest BCUT2D eigenvalue weighted by Crippen LogP contribution is 2.23. The van der Waals surface area contributed by atoms with Gasteiger partial charge in [-0.15, -0.1) is 0 Å². The normalized spacial score (nSPS) is 13.4. The van der Waals surface area contributed by atoms with Gasteiger partial charge in [0, 0.05) is 18.3 Å². The van der Waals surface area contributed by atoms with Gasteiger partial charge in [0.1, 0.15) is 0 Å². The minimum Gasteiger partial charge on any atom is -0.347 e. The van der Waals surface area contributed by atoms with Crippen LogP contribution >= 0.6 is 0 Å². The molecular weight excluding hydrogens is 328 g/mol. The summed E-state index contributed by atoms with van der Waals surface area (Å²) in [6.07, 6.45) is 2.75. The number of carbonyl (C=O) groups excluding carboxylic acids is 2. The highest BCUT2D eigenvalue weighted by atomic mass is 16.2. The van der Waals surface area contributed by atoms with Crippen LogP contribution in [0.4, 0.5) is 5.69 Å². The summed E-state index contributed by atoms with van der Waals surface area (Å²) in [7, 11) is 0. The van der Waals surface area contributed by atoms with Crippen molar-refractivity contribution in [1.82, 2.24) is 14.9 Å². The number of aryl methyl sites for hydroxylation is 2. The molecule has 6 heteroatoms. The van der Waals surface area contributed by atoms with E-state index in [-0.39, 0.29) is 17.9 Å². The quantitative estimate of drug-likeness (QED) is 0.885. The van der Waals surface area contributed by atoms with Gasteiger partial charge < -0.3 is 15.2 Å². The molecule has 1 aromatic carbocycles. The van der Waals surface area contributed by atoms with Crippen LogP contribution < -0.4 is 10.6 Å². The van der Waals surface area contributed by atoms with Crippen LogP contribution in [-0.2, 0) is 13.0 Å². The highest BCUT2D eigenvalue weighted by Gasteiger charge is 2.27. The summed E-state index contributed by atoms with van der Waals surface area (Å²) in [5, 5.41) is 5.84. The van der Waals surface area contributed by atoms with E-state index in [1.165, 1.54) is 0 Å². The third-order valence-electron chi connectivity index (χ3n) is 4.60. The molecule has 2 N–H and O–H groups in total. The maximum Gasteiger partial charge on any atom is 0.287 e. The Morgan fingerprint density at radius 3 is 2.65 bits per heavy atom. The standard InChI is InChI=1S/C20H26N4O2/c1-12(2)21-20(26)18-23-17(16-7-5-6-10-24(16)18)19(25)22-15-11-13(3)8-9-14(15)4/h8-9,11-12H,5-7,10H2,1-4H3,(H,21,26)(H,22,25). The molecule has 2 aromatic rings. The molecule has 0 bridgehead atoms. The van der Waals surface area contributed by atoms with Crippen LogP contribution in [0.3, 0.4) is 0 Å². The zero-order chi connectivity index (χ0) is 18.8. The number of aromatic nitrogens is 2. The number of hydrogen-bond donors (Lipinski definition) is 2. The summed E-state index contributed by atoms with van der Waals surface area (Å²) >= 11 is 0. The van der Waals surface area contributed by atoms with Crippen molar-refractivity contribution in [3.8, 4) is 0 Å². The molecule has 1 aromatic heterocycles. The number of imidazole rings is 1. The van der Waals surface area contributed by atoms with Crippen molar-refractivity contribution >= 4 is 17.5 Å². The van der Waals surface area contributed by atoms with Crippen LogP contribution in [0.5, 0.6) is 0 Å². The Kier molecular flexibility index (Phi) is 5.11. The molecule has 0 saturated heterocycles. The van der Waals surface area contributed by atoms with Gasteiger partial charge in [-0.2, -0.15) is 0 Å². The summed E-state index contributed by atoms with van der Waals surface area (Å²) in [6.45, 7) is 8.49. The molecule has 26 heavy (non-hydrogen) atoms. The van der Waals surface area contributed by atoms with E-state index in [0.29, 0.717) is 11.5 Å². The Bertz CT molecular complexity index is 852. The summed E-state index contributed by atoms with van der Waals surface area (Å²) in [6, 6.07) is 5.96. The van der Waals surface area contributed by atoms with Crippen molar-refractivity contribution in [2.45, 2.75) is 59.5 Å². The van der Waals surface area contributed by atoms with Gasteiger partial charge in [-0.3, -0.25) is 9.59 Å². The number of carbonyl (C=O) groups is 2. The lowest BCUT2D eigenvalue weighted by Gasteiger charge is -2.17. The number of nitrogens with one attached hydrogen (secondary N) is 2. The first kappa shape index (κ1) is 18.2. The summed E-state index contributed by atoms with van der Waals surface area (Å²) in [5.41, 5.74) is 4.07. The van der Waals surface area contributed by atoms with Gasteiger partial charge in [-0.1, -0.05) is 12.1 Å². The van der Waals surface area contributed by atoms with Gasteiger partial charge in [0.25, 0.3) is 11.8 Å². The fraction of sp³-hybridized carbons (Fsp3) is 0.450. The van der Waals surface area contributed by atoms with Gasteiger partial charge in [0.15, 0.2) is 11.5 Å². The molecule has 0 saturated carbocycles. The topological polar surface area (TPSA) is 76.0 Å². The fourth-order valence-corrected chi connectivity index (χ4v) is 3.28. The predicted octanol–water partition coefficient (Wildman–Crippen LogP) is 3.23. The van der Waals surface area contributed by atoms with Crippen LogP contribution in [0.2, 0.25) is 0 Å². The number of fused-ring (bicyclic) bond motifs is 1. The number of amides is 2. The smallest absolute Gasteiger partial charge is 0.287 e. The molecule has 2 amide bonds. The largest absolute Gasteiger partial charge is 0.347 e. The van der Waals surface area contributed by atoms with Crippen molar-refractivity contribution in [2.24, 2.45) is 0 Å². The Hall–Kier alpha value is -2.63. The van der Waals surface area contributed by atoms with E-state index in [4.69, 9.17) is 0 Å². The Morgan fingerprint density at radius 1 is 1.15 bits per heavy atom. The second-order valence-corrected chi connectivity index (χ2v) is 7.24. The molecule has 0 aliphatic carbocycles. The first-order valence-electron chi connectivity index (χ1n) is 9.15. The van der Waals surface area contributed by atoms with Gasteiger partial charge >= 0.3 is 0 Å². The van der Waals surface area contributed by atoms with Crippen molar-refractivity contribution in [2.75, 3.05) is 5.32 Å². The molecule has 0 fully saturated rings. The average molecular weight is 354 g/mol. The summed E-state index contributed by atoms with van der Waals surface area (Å²) < 4.78 is 1.90. The van der Waals surface area contributed by atoms with E-state index >= 15 is 0 Å². The average Bonchev–Trinajstić information content (AvgIpc) is 2.97. The van der Waals surface area contributed by atoms with Gasteiger partial charge in [0.05, 0.1) is 5.69 Å². The number of benzene rings is 1. The maximum absolute atomic E-state index is 12.9. The van der Waals surface area contributed by atoms with E-state index in [0.717, 1.165) is 48.3 Å². The Morgan fingerprint density at radius 2 is 1.92 bits per heavy atom. The molecule has 6 nitrogen and oxygen atoms in total. The van der Waals surface area contributed by atoms with E-state index in [2.05, 4.69) is 15.6 Å². The van der Waals surface area contributed by atoms with E-state index in [1.54, 1.807) is 0 Å². The van der Waals surface area contributed by atoms with Crippen LogP contribution in [0.1, 0.15) is 64.6 Å². The SMILES string of the molecule is Cc1ccc(C)c(NC(=O)c2nc(C(=O)NC(C)C)n3c2CCCC3)c1. The Labute approximate surface area is 154 Å². The lowest BCUT2D eigenvalue weighted by atomic mass is 10.1. The van der Waals surface area contributed by atoms with Crippen molar-refractivity contribution in [3.05, 3.63) is 46.5 Å². The molecule has 1 aliphatic heterocycles. The van der Waals surface area contributed by atoms with E-state index < -0.39 is 0 Å². The van der Waals surface area contributed by atoms with Crippen molar-refractivity contribution in [1.29, 1.82) is 0 Å². The van der Waals surface area contributed by atoms with Crippen LogP contribution in [0.15, 0.2) is 18.2 Å². The maximum atomic E-state index is 12.9. The molecule has 0 radical (unpaired) electrons. The van der Waals surface area contributed by atoms with Crippen LogP contribution in [0.25, 0.3) is 0 Å². The summed E-state index contributed by atoms with van der Waals surface area (Å²) in [4.78, 5) is 29.8. The number of hydrogen-bond acceptors (Lipinski definition) is 3. The molecule has 0 atom stereocenters. The van der Waals surface area contributed by atoms with Gasteiger partial charge in [-0.05, 0) is 64.2 Å². The zero-order valence-corrected chi connectivity index (χ0v) is 15.8. The van der Waals surface area contributed by atoms with Gasteiger partial charge in [-0.25, -0.2) is 4.98 Å². The lowest BCUT2D eigenvalue weighted by Crippen LogP contribution is -2.33. The monoisotopic (exact) mass is 354 g/mol. The highest BCUT2D eigenvalue weighted by molar-refractivity contribution is 6.05. The summed E-state index contributed by atoms with van der Waals surface area (Å²) in [5.74, 6) is -0.151. The fourth-order valence-electron chi connectivity index (χ4n) is 3.28. The molecule has 0 unspecified atom stereocenters. The second-order valence-electron chi connectivity index (χ2n) is 7.24. The third-order valence-corrected chi connectivity index (χ3v) is 4.60. The molecule has 1 aliphatic rings. The number of anilines is 1. The minimum atomic E-state index is -0.257. The van der Waals surface area contributed by atoms with E-state index in [9.17, 15) is 9.59 Å². The number of nitrogens with zero attached hydrogens (tertiary/aromatic N) is 2. The van der Waals surface area contributed by atoms with Crippen LogP contribution in [-0.4, -0.2) is 27.4 Å². The van der Waals surface area contributed by atoms with Gasteiger partial charge in [0.2, 0.25) is 0 Å². The lowest BCUT2D eigenvalue weighted by molar-refractivity contribution is 0.0927. The van der Waals surface area contributed by atoms with Crippen LogP contribution in [0, 0.1) is 13.8 Å². The Balaban J connectivity index is 1.94. The zero-order valence-electron chi connectivity index (χ0n) is 15.8. The second kappa shape index (κ2) is 7.32. The minimum absolute atomic E-state index is 0.0197. The molecule has 3 rings (SSSR count). The molecule has 138 valence electrons. The third kappa shape index (κ3) is 3.64. The van der Waals surface area contributed by atoms with Crippen molar-refractivity contribution < 1.29 is 9.59 Å². The first-order chi connectivity index (χ1) is 12.4. The van der Waals surface area contributed by atoms with Crippen molar-refractivity contribution in [3.63, 3.8) is 0 Å². The first-order valence-corrected chi connectivity index (χ1v) is 9.15. The number of rotatable bonds is 4. The van der Waals surface area contributed by atoms with E-state index in [1.807, 2.05) is 50.5 Å². The predicted molar refractivity (Wildman–Crippen MR) is 102 cm³/mol. The molecular formula is C20H26N4O2.